The van der Waals surface area contributed by atoms with Gasteiger partial charge in [-0.15, -0.1) is 23.1 Å². The fourth-order valence-corrected chi connectivity index (χ4v) is 5.20. The minimum atomic E-state index is -1.18. The van der Waals surface area contributed by atoms with Crippen LogP contribution in [0.3, 0.4) is 0 Å². The highest BCUT2D eigenvalue weighted by molar-refractivity contribution is 8.00. The molecule has 1 saturated heterocycles. The number of hydrogen-bond acceptors (Lipinski definition) is 12. The fourth-order valence-electron chi connectivity index (χ4n) is 3.28. The third kappa shape index (κ3) is 5.02. The zero-order chi connectivity index (χ0) is 24.1. The van der Waals surface area contributed by atoms with Crippen molar-refractivity contribution < 1.29 is 38.2 Å². The monoisotopic (exact) mass is 498 g/mol. The van der Waals surface area contributed by atoms with Crippen molar-refractivity contribution in [3.05, 3.63) is 27.9 Å². The standard InChI is InChI=1S/C19H22N4O8S2/c1-9(31-19(27)29-3)15(24)14-10(6-28-2)7-32-18-13(17(26)23(14)18)21-16(25)12(22-30-4)11-5-20-8-33-11/h5,8-9,13,18H,6-7H2,1-4H3,(H,21,25)/b22-12+. The maximum atomic E-state index is 13.1. The van der Waals surface area contributed by atoms with Crippen molar-refractivity contribution in [3.63, 3.8) is 0 Å². The third-order valence-corrected chi connectivity index (χ3v) is 6.88. The second kappa shape index (κ2) is 10.8. The average Bonchev–Trinajstić information content (AvgIpc) is 3.34. The summed E-state index contributed by atoms with van der Waals surface area (Å²) in [6.07, 6.45) is -0.734. The van der Waals surface area contributed by atoms with E-state index in [1.807, 2.05) is 0 Å². The van der Waals surface area contributed by atoms with Gasteiger partial charge in [-0.25, -0.2) is 4.79 Å². The van der Waals surface area contributed by atoms with E-state index < -0.39 is 41.3 Å². The molecule has 2 amide bonds. The lowest BCUT2D eigenvalue weighted by Crippen LogP contribution is -2.71. The number of fused-ring (bicyclic) bond motifs is 1. The summed E-state index contributed by atoms with van der Waals surface area (Å²) in [6.45, 7) is 1.50. The Morgan fingerprint density at radius 2 is 2.09 bits per heavy atom. The van der Waals surface area contributed by atoms with Crippen molar-refractivity contribution in [2.24, 2.45) is 5.16 Å². The van der Waals surface area contributed by atoms with Crippen molar-refractivity contribution in [2.75, 3.05) is 33.7 Å². The van der Waals surface area contributed by atoms with Crippen LogP contribution in [0.5, 0.6) is 0 Å². The smallest absolute Gasteiger partial charge is 0.438 e. The van der Waals surface area contributed by atoms with E-state index in [0.29, 0.717) is 16.2 Å². The quantitative estimate of drug-likeness (QED) is 0.221. The molecule has 2 aliphatic rings. The van der Waals surface area contributed by atoms with E-state index in [1.54, 1.807) is 5.51 Å². The van der Waals surface area contributed by atoms with Crippen LogP contribution < -0.4 is 5.32 Å². The second-order valence-electron chi connectivity index (χ2n) is 6.81. The second-order valence-corrected chi connectivity index (χ2v) is 8.80. The Labute approximate surface area is 197 Å². The van der Waals surface area contributed by atoms with Gasteiger partial charge < -0.3 is 24.4 Å². The number of hydrogen-bond donors (Lipinski definition) is 1. The number of oxime groups is 1. The number of nitrogens with one attached hydrogen (secondary N) is 1. The van der Waals surface area contributed by atoms with Gasteiger partial charge in [-0.2, -0.15) is 0 Å². The zero-order valence-corrected chi connectivity index (χ0v) is 19.9. The maximum absolute atomic E-state index is 13.1. The number of ketones is 1. The molecule has 0 aromatic carbocycles. The molecule has 3 unspecified atom stereocenters. The van der Waals surface area contributed by atoms with E-state index in [1.165, 1.54) is 55.3 Å². The summed E-state index contributed by atoms with van der Waals surface area (Å²) >= 11 is 2.57. The van der Waals surface area contributed by atoms with Gasteiger partial charge in [0, 0.05) is 19.1 Å². The average molecular weight is 499 g/mol. The van der Waals surface area contributed by atoms with Gasteiger partial charge in [0.1, 0.15) is 18.5 Å². The van der Waals surface area contributed by atoms with Gasteiger partial charge in [0.15, 0.2) is 11.8 Å². The molecule has 14 heteroatoms. The molecule has 0 radical (unpaired) electrons. The van der Waals surface area contributed by atoms with Crippen LogP contribution >= 0.6 is 23.1 Å². The first-order valence-corrected chi connectivity index (χ1v) is 11.5. The van der Waals surface area contributed by atoms with Gasteiger partial charge in [0.05, 0.1) is 29.8 Å². The lowest BCUT2D eigenvalue weighted by molar-refractivity contribution is -0.147. The summed E-state index contributed by atoms with van der Waals surface area (Å²) in [5.74, 6) is -1.28. The van der Waals surface area contributed by atoms with E-state index >= 15 is 0 Å². The Balaban J connectivity index is 1.80. The Morgan fingerprint density at radius 3 is 2.70 bits per heavy atom. The molecule has 2 aliphatic heterocycles. The predicted octanol–water partition coefficient (Wildman–Crippen LogP) is 0.535. The molecule has 1 aromatic heterocycles. The Morgan fingerprint density at radius 1 is 1.33 bits per heavy atom. The molecular formula is C19H22N4O8S2. The van der Waals surface area contributed by atoms with Gasteiger partial charge in [-0.1, -0.05) is 5.16 Å². The number of amides is 2. The minimum absolute atomic E-state index is 0.0147. The summed E-state index contributed by atoms with van der Waals surface area (Å²) in [6, 6.07) is -0.888. The Hall–Kier alpha value is -2.97. The van der Waals surface area contributed by atoms with E-state index in [9.17, 15) is 19.2 Å². The Kier molecular flexibility index (Phi) is 8.05. The molecule has 1 aromatic rings. The Bertz CT molecular complexity index is 994. The number of methoxy groups -OCH3 is 2. The summed E-state index contributed by atoms with van der Waals surface area (Å²) in [7, 11) is 3.90. The normalized spacial score (nSPS) is 21.0. The molecule has 1 N–H and O–H groups in total. The predicted molar refractivity (Wildman–Crippen MR) is 118 cm³/mol. The van der Waals surface area contributed by atoms with Gasteiger partial charge in [0.2, 0.25) is 5.78 Å². The molecule has 0 aliphatic carbocycles. The number of Topliss-reactive ketones (excluding diaryl/α,β-unsaturated/α-hetero) is 1. The van der Waals surface area contributed by atoms with Gasteiger partial charge in [-0.3, -0.25) is 24.3 Å². The van der Waals surface area contributed by atoms with E-state index in [0.717, 1.165) is 7.11 Å². The molecule has 0 saturated carbocycles. The lowest BCUT2D eigenvalue weighted by Gasteiger charge is -2.50. The van der Waals surface area contributed by atoms with Crippen molar-refractivity contribution in [1.29, 1.82) is 0 Å². The van der Waals surface area contributed by atoms with Crippen LogP contribution in [-0.4, -0.2) is 90.6 Å². The first kappa shape index (κ1) is 24.7. The number of carbonyl (C=O) groups is 4. The largest absolute Gasteiger partial charge is 0.508 e. The zero-order valence-electron chi connectivity index (χ0n) is 18.2. The van der Waals surface area contributed by atoms with Crippen LogP contribution in [0.1, 0.15) is 11.8 Å². The van der Waals surface area contributed by atoms with E-state index in [4.69, 9.17) is 14.3 Å². The summed E-state index contributed by atoms with van der Waals surface area (Å²) < 4.78 is 14.6. The van der Waals surface area contributed by atoms with Crippen LogP contribution in [-0.2, 0) is 33.4 Å². The van der Waals surface area contributed by atoms with Crippen molar-refractivity contribution in [1.82, 2.24) is 15.2 Å². The van der Waals surface area contributed by atoms with Crippen LogP contribution in [0.4, 0.5) is 4.79 Å². The number of aromatic nitrogens is 1. The molecule has 178 valence electrons. The molecule has 3 rings (SSSR count). The molecule has 1 fully saturated rings. The number of rotatable bonds is 9. The first-order chi connectivity index (χ1) is 15.8. The van der Waals surface area contributed by atoms with Crippen LogP contribution in [0.2, 0.25) is 0 Å². The van der Waals surface area contributed by atoms with Crippen molar-refractivity contribution in [3.8, 4) is 0 Å². The van der Waals surface area contributed by atoms with Crippen molar-refractivity contribution >= 4 is 52.6 Å². The summed E-state index contributed by atoms with van der Waals surface area (Å²) in [4.78, 5) is 60.8. The number of nitrogens with zero attached hydrogens (tertiary/aromatic N) is 3. The molecule has 33 heavy (non-hydrogen) atoms. The number of carbonyl (C=O) groups excluding carboxylic acids is 4. The number of ether oxygens (including phenoxy) is 3. The number of β-lactam (4-membered cyclic amide) rings is 1. The van der Waals surface area contributed by atoms with Crippen LogP contribution in [0, 0.1) is 0 Å². The molecule has 12 nitrogen and oxygen atoms in total. The van der Waals surface area contributed by atoms with Gasteiger partial charge >= 0.3 is 6.16 Å². The van der Waals surface area contributed by atoms with E-state index in [-0.39, 0.29) is 18.0 Å². The molecule has 3 heterocycles. The third-order valence-electron chi connectivity index (χ3n) is 4.76. The maximum Gasteiger partial charge on any atom is 0.508 e. The highest BCUT2D eigenvalue weighted by Crippen LogP contribution is 2.41. The van der Waals surface area contributed by atoms with E-state index in [2.05, 4.69) is 20.2 Å². The number of thioether (sulfide) groups is 1. The topological polar surface area (TPSA) is 146 Å². The van der Waals surface area contributed by atoms with Crippen LogP contribution in [0.15, 0.2) is 28.1 Å². The first-order valence-electron chi connectivity index (χ1n) is 9.59. The van der Waals surface area contributed by atoms with Gasteiger partial charge in [-0.05, 0) is 12.5 Å². The minimum Gasteiger partial charge on any atom is -0.438 e. The summed E-state index contributed by atoms with van der Waals surface area (Å²) in [5, 5.41) is 5.88. The molecular weight excluding hydrogens is 476 g/mol. The molecule has 0 bridgehead atoms. The summed E-state index contributed by atoms with van der Waals surface area (Å²) in [5.41, 5.74) is 2.20. The fraction of sp³-hybridized carbons (Fsp3) is 0.474. The highest BCUT2D eigenvalue weighted by Gasteiger charge is 2.54. The SMILES string of the molecule is COCC1=C(C(=O)C(C)OC(=O)OC)N2C(=O)C(NC(=O)/C(=N/OC)c3cncs3)C2SC1. The van der Waals surface area contributed by atoms with Crippen molar-refractivity contribution in [2.45, 2.75) is 24.4 Å². The van der Waals surface area contributed by atoms with Gasteiger partial charge in [0.25, 0.3) is 11.8 Å². The number of thiazole rings is 1. The van der Waals surface area contributed by atoms with Crippen LogP contribution in [0.25, 0.3) is 0 Å². The highest BCUT2D eigenvalue weighted by atomic mass is 32.2. The molecule has 3 atom stereocenters. The molecule has 0 spiro atoms. The lowest BCUT2D eigenvalue weighted by atomic mass is 9.98.